The molecule has 9 heteroatoms. The van der Waals surface area contributed by atoms with Crippen LogP contribution in [0.1, 0.15) is 123 Å². The fourth-order valence-electron chi connectivity index (χ4n) is 4.92. The van der Waals surface area contributed by atoms with Gasteiger partial charge in [-0.2, -0.15) is 0 Å². The molecule has 7 unspecified atom stereocenters. The van der Waals surface area contributed by atoms with Crippen molar-refractivity contribution in [3.05, 3.63) is 12.2 Å². The van der Waals surface area contributed by atoms with E-state index in [4.69, 9.17) is 9.47 Å². The van der Waals surface area contributed by atoms with Crippen molar-refractivity contribution < 1.29 is 39.8 Å². The number of aliphatic hydroxyl groups excluding tert-OH is 5. The largest absolute Gasteiger partial charge is 0.394 e. The van der Waals surface area contributed by atoms with E-state index in [1.807, 2.05) is 0 Å². The summed E-state index contributed by atoms with van der Waals surface area (Å²) in [6.45, 7) is 3.66. The van der Waals surface area contributed by atoms with E-state index in [0.29, 0.717) is 12.8 Å². The van der Waals surface area contributed by atoms with Crippen LogP contribution in [0, 0.1) is 0 Å². The Morgan fingerprint density at radius 3 is 2.12 bits per heavy atom. The molecule has 6 N–H and O–H groups in total. The molecule has 1 amide bonds. The molecule has 0 saturated carbocycles. The second-order valence-electron chi connectivity index (χ2n) is 11.2. The Balaban J connectivity index is 2.52. The van der Waals surface area contributed by atoms with Gasteiger partial charge in [-0.1, -0.05) is 96.6 Å². The second kappa shape index (κ2) is 23.5. The van der Waals surface area contributed by atoms with Crippen molar-refractivity contribution in [2.75, 3.05) is 13.2 Å². The molecular formula is C31H59NO8. The number of rotatable bonds is 24. The number of nitrogens with one attached hydrogen (secondary N) is 1. The summed E-state index contributed by atoms with van der Waals surface area (Å²) in [5, 5.41) is 53.5. The van der Waals surface area contributed by atoms with Crippen molar-refractivity contribution in [2.45, 2.75) is 166 Å². The number of carbonyl (C=O) groups excluding carboxylic acids is 1. The number of hydrogen-bond donors (Lipinski definition) is 6. The maximum atomic E-state index is 12.7. The first-order chi connectivity index (χ1) is 19.3. The maximum Gasteiger partial charge on any atom is 0.220 e. The average molecular weight is 574 g/mol. The molecule has 40 heavy (non-hydrogen) atoms. The van der Waals surface area contributed by atoms with Crippen LogP contribution in [0.3, 0.4) is 0 Å². The highest BCUT2D eigenvalue weighted by Gasteiger charge is 2.44. The highest BCUT2D eigenvalue weighted by Crippen LogP contribution is 2.22. The van der Waals surface area contributed by atoms with Gasteiger partial charge in [0.25, 0.3) is 0 Å². The first kappa shape index (κ1) is 37.0. The predicted molar refractivity (Wildman–Crippen MR) is 157 cm³/mol. The van der Waals surface area contributed by atoms with E-state index in [1.165, 1.54) is 32.1 Å². The number of aliphatic hydroxyl groups is 5. The summed E-state index contributed by atoms with van der Waals surface area (Å²) in [4.78, 5) is 12.7. The SMILES string of the molecule is CCC/C=C\CCCCCCCC(=O)NC(COC1OC(CO)C(O)C(O)C1O)C(O)CCCCCCCCC. The molecule has 1 fully saturated rings. The Morgan fingerprint density at radius 2 is 1.45 bits per heavy atom. The van der Waals surface area contributed by atoms with Crippen LogP contribution < -0.4 is 5.32 Å². The van der Waals surface area contributed by atoms with Crippen LogP contribution in [0.25, 0.3) is 0 Å². The lowest BCUT2D eigenvalue weighted by atomic mass is 9.99. The highest BCUT2D eigenvalue weighted by atomic mass is 16.7. The van der Waals surface area contributed by atoms with Gasteiger partial charge in [0.05, 0.1) is 25.4 Å². The van der Waals surface area contributed by atoms with E-state index >= 15 is 0 Å². The van der Waals surface area contributed by atoms with E-state index in [9.17, 15) is 30.3 Å². The van der Waals surface area contributed by atoms with E-state index in [-0.39, 0.29) is 12.5 Å². The van der Waals surface area contributed by atoms with Gasteiger partial charge in [-0.25, -0.2) is 0 Å². The summed E-state index contributed by atoms with van der Waals surface area (Å²) >= 11 is 0. The molecule has 0 bridgehead atoms. The van der Waals surface area contributed by atoms with Crippen molar-refractivity contribution >= 4 is 5.91 Å². The molecule has 1 aliphatic rings. The van der Waals surface area contributed by atoms with Crippen LogP contribution in [-0.2, 0) is 14.3 Å². The minimum Gasteiger partial charge on any atom is -0.394 e. The molecule has 0 aromatic carbocycles. The number of ether oxygens (including phenoxy) is 2. The fourth-order valence-corrected chi connectivity index (χ4v) is 4.92. The molecule has 7 atom stereocenters. The van der Waals surface area contributed by atoms with E-state index < -0.39 is 49.5 Å². The predicted octanol–water partition coefficient (Wildman–Crippen LogP) is 3.88. The molecule has 236 valence electrons. The molecule has 9 nitrogen and oxygen atoms in total. The third-order valence-electron chi connectivity index (χ3n) is 7.60. The summed E-state index contributed by atoms with van der Waals surface area (Å²) in [6.07, 6.45) is 13.9. The normalized spacial score (nSPS) is 24.8. The van der Waals surface area contributed by atoms with E-state index in [1.54, 1.807) is 0 Å². The van der Waals surface area contributed by atoms with Crippen molar-refractivity contribution in [3.8, 4) is 0 Å². The summed E-state index contributed by atoms with van der Waals surface area (Å²) < 4.78 is 11.1. The van der Waals surface area contributed by atoms with Crippen LogP contribution in [0.5, 0.6) is 0 Å². The second-order valence-corrected chi connectivity index (χ2v) is 11.2. The lowest BCUT2D eigenvalue weighted by Gasteiger charge is -2.40. The average Bonchev–Trinajstić information content (AvgIpc) is 2.95. The molecule has 1 heterocycles. The standard InChI is InChI=1S/C31H59NO8/c1-3-5-7-9-11-12-13-15-17-19-21-27(35)32-24(25(34)20-18-16-14-10-8-6-4-2)23-39-31-30(38)29(37)28(36)26(22-33)40-31/h7,9,24-26,28-31,33-34,36-38H,3-6,8,10-23H2,1-2H3,(H,32,35)/b9-7-. The van der Waals surface area contributed by atoms with Crippen LogP contribution in [0.15, 0.2) is 12.2 Å². The van der Waals surface area contributed by atoms with Crippen LogP contribution in [0.4, 0.5) is 0 Å². The molecule has 1 saturated heterocycles. The number of hydrogen-bond acceptors (Lipinski definition) is 8. The van der Waals surface area contributed by atoms with Crippen LogP contribution >= 0.6 is 0 Å². The lowest BCUT2D eigenvalue weighted by molar-refractivity contribution is -0.302. The van der Waals surface area contributed by atoms with E-state index in [0.717, 1.165) is 64.2 Å². The first-order valence-corrected chi connectivity index (χ1v) is 15.9. The molecule has 1 aliphatic heterocycles. The Bertz CT molecular complexity index is 647. The fraction of sp³-hybridized carbons (Fsp3) is 0.903. The van der Waals surface area contributed by atoms with Crippen molar-refractivity contribution in [1.29, 1.82) is 0 Å². The van der Waals surface area contributed by atoms with Gasteiger partial charge < -0.3 is 40.3 Å². The van der Waals surface area contributed by atoms with Crippen LogP contribution in [-0.4, -0.2) is 87.5 Å². The minimum atomic E-state index is -1.55. The van der Waals surface area contributed by atoms with Gasteiger partial charge in [0.15, 0.2) is 6.29 Å². The zero-order valence-corrected chi connectivity index (χ0v) is 25.1. The Hall–Kier alpha value is -1.07. The maximum absolute atomic E-state index is 12.7. The minimum absolute atomic E-state index is 0.141. The van der Waals surface area contributed by atoms with Crippen molar-refractivity contribution in [2.24, 2.45) is 0 Å². The number of allylic oxidation sites excluding steroid dienone is 2. The summed E-state index contributed by atoms with van der Waals surface area (Å²) in [7, 11) is 0. The highest BCUT2D eigenvalue weighted by molar-refractivity contribution is 5.76. The third kappa shape index (κ3) is 15.8. The molecule has 1 rings (SSSR count). The van der Waals surface area contributed by atoms with E-state index in [2.05, 4.69) is 31.3 Å². The van der Waals surface area contributed by atoms with Crippen molar-refractivity contribution in [3.63, 3.8) is 0 Å². The van der Waals surface area contributed by atoms with Gasteiger partial charge in [0.1, 0.15) is 24.4 Å². The summed E-state index contributed by atoms with van der Waals surface area (Å²) in [5.41, 5.74) is 0. The lowest BCUT2D eigenvalue weighted by Crippen LogP contribution is -2.60. The smallest absolute Gasteiger partial charge is 0.220 e. The topological polar surface area (TPSA) is 149 Å². The zero-order chi connectivity index (χ0) is 29.6. The number of unbranched alkanes of at least 4 members (excludes halogenated alkanes) is 12. The molecule has 0 aliphatic carbocycles. The summed E-state index contributed by atoms with van der Waals surface area (Å²) in [6, 6.07) is -0.713. The third-order valence-corrected chi connectivity index (χ3v) is 7.60. The summed E-state index contributed by atoms with van der Waals surface area (Å²) in [5.74, 6) is -0.163. The first-order valence-electron chi connectivity index (χ1n) is 15.9. The van der Waals surface area contributed by atoms with Crippen molar-refractivity contribution in [1.82, 2.24) is 5.32 Å². The van der Waals surface area contributed by atoms with Gasteiger partial charge in [-0.3, -0.25) is 4.79 Å². The van der Waals surface area contributed by atoms with Crippen LogP contribution in [0.2, 0.25) is 0 Å². The van der Waals surface area contributed by atoms with Gasteiger partial charge in [-0.05, 0) is 32.1 Å². The Morgan fingerprint density at radius 1 is 0.825 bits per heavy atom. The van der Waals surface area contributed by atoms with Gasteiger partial charge in [0, 0.05) is 6.42 Å². The molecule has 0 spiro atoms. The Labute approximate surface area is 242 Å². The quantitative estimate of drug-likeness (QED) is 0.0753. The zero-order valence-electron chi connectivity index (χ0n) is 25.1. The number of amides is 1. The number of carbonyl (C=O) groups is 1. The van der Waals surface area contributed by atoms with Gasteiger partial charge >= 0.3 is 0 Å². The Kier molecular flexibility index (Phi) is 21.7. The van der Waals surface area contributed by atoms with Gasteiger partial charge in [-0.15, -0.1) is 0 Å². The monoisotopic (exact) mass is 573 g/mol. The molecule has 0 aromatic rings. The molecule has 0 radical (unpaired) electrons. The molecule has 0 aromatic heterocycles. The van der Waals surface area contributed by atoms with Gasteiger partial charge in [0.2, 0.25) is 5.91 Å². The molecular weight excluding hydrogens is 514 g/mol.